The smallest absolute Gasteiger partial charge is 0.293 e. The van der Waals surface area contributed by atoms with Crippen molar-refractivity contribution in [3.63, 3.8) is 0 Å². The fraction of sp³-hybridized carbons (Fsp3) is 0.120. The lowest BCUT2D eigenvalue weighted by atomic mass is 10.1. The topological polar surface area (TPSA) is 55.8 Å². The van der Waals surface area contributed by atoms with Gasteiger partial charge in [-0.05, 0) is 70.9 Å². The van der Waals surface area contributed by atoms with Crippen LogP contribution in [0.25, 0.3) is 6.08 Å². The van der Waals surface area contributed by atoms with Crippen LogP contribution in [0.4, 0.5) is 9.18 Å². The maximum Gasteiger partial charge on any atom is 0.293 e. The van der Waals surface area contributed by atoms with Gasteiger partial charge in [0.2, 0.25) is 0 Å². The third kappa shape index (κ3) is 6.01. The summed E-state index contributed by atoms with van der Waals surface area (Å²) in [5.41, 5.74) is 1.98. The Bertz CT molecular complexity index is 1330. The SMILES string of the molecule is COc1cc(/C=C2\SC(=O)N(Cc3ccc(F)cc3Cl)C2=O)cc(Cl)c1OCc1ccc(Br)cc1. The Morgan fingerprint density at radius 1 is 1.06 bits per heavy atom. The zero-order valence-corrected chi connectivity index (χ0v) is 22.1. The monoisotopic (exact) mass is 595 g/mol. The highest BCUT2D eigenvalue weighted by Crippen LogP contribution is 2.40. The summed E-state index contributed by atoms with van der Waals surface area (Å²) in [7, 11) is 1.49. The van der Waals surface area contributed by atoms with E-state index in [2.05, 4.69) is 15.9 Å². The number of hydrogen-bond donors (Lipinski definition) is 0. The van der Waals surface area contributed by atoms with Gasteiger partial charge in [-0.15, -0.1) is 0 Å². The van der Waals surface area contributed by atoms with Crippen molar-refractivity contribution >= 4 is 68.1 Å². The minimum Gasteiger partial charge on any atom is -0.493 e. The van der Waals surface area contributed by atoms with Crippen LogP contribution in [0.2, 0.25) is 10.0 Å². The second-order valence-electron chi connectivity index (χ2n) is 7.45. The molecule has 1 fully saturated rings. The maximum absolute atomic E-state index is 13.3. The number of rotatable bonds is 7. The fourth-order valence-electron chi connectivity index (χ4n) is 3.31. The molecule has 1 saturated heterocycles. The van der Waals surface area contributed by atoms with Gasteiger partial charge in [0.1, 0.15) is 12.4 Å². The molecule has 0 unspecified atom stereocenters. The molecular formula is C25H17BrCl2FNO4S. The van der Waals surface area contributed by atoms with Gasteiger partial charge in [-0.2, -0.15) is 0 Å². The molecule has 5 nitrogen and oxygen atoms in total. The third-order valence-electron chi connectivity index (χ3n) is 5.06. The van der Waals surface area contributed by atoms with E-state index < -0.39 is 17.0 Å². The highest BCUT2D eigenvalue weighted by Gasteiger charge is 2.35. The Morgan fingerprint density at radius 2 is 1.80 bits per heavy atom. The lowest BCUT2D eigenvalue weighted by molar-refractivity contribution is -0.123. The summed E-state index contributed by atoms with van der Waals surface area (Å²) in [4.78, 5) is 26.7. The van der Waals surface area contributed by atoms with Crippen molar-refractivity contribution in [1.29, 1.82) is 0 Å². The van der Waals surface area contributed by atoms with E-state index in [1.807, 2.05) is 24.3 Å². The molecule has 35 heavy (non-hydrogen) atoms. The number of methoxy groups -OCH3 is 1. The summed E-state index contributed by atoms with van der Waals surface area (Å²) < 4.78 is 25.6. The van der Waals surface area contributed by atoms with E-state index in [1.165, 1.54) is 19.2 Å². The van der Waals surface area contributed by atoms with Crippen LogP contribution in [0, 0.1) is 5.82 Å². The first-order chi connectivity index (χ1) is 16.7. The minimum absolute atomic E-state index is 0.0615. The standard InChI is InChI=1S/C25H17BrCl2FNO4S/c1-33-21-9-15(8-20(28)23(21)34-13-14-2-5-17(26)6-3-14)10-22-24(31)30(25(32)35-22)12-16-4-7-18(29)11-19(16)27/h2-11H,12-13H2,1H3/b22-10-. The Morgan fingerprint density at radius 3 is 2.49 bits per heavy atom. The number of amides is 2. The van der Waals surface area contributed by atoms with Gasteiger partial charge in [-0.1, -0.05) is 57.3 Å². The van der Waals surface area contributed by atoms with Crippen LogP contribution in [0.15, 0.2) is 64.0 Å². The molecule has 1 aliphatic rings. The van der Waals surface area contributed by atoms with Crippen molar-refractivity contribution in [3.05, 3.63) is 96.5 Å². The number of carbonyl (C=O) groups excluding carboxylic acids is 2. The summed E-state index contributed by atoms with van der Waals surface area (Å²) in [5.74, 6) is -0.222. The first kappa shape index (κ1) is 25.6. The molecule has 0 saturated carbocycles. The number of thioether (sulfide) groups is 1. The highest BCUT2D eigenvalue weighted by molar-refractivity contribution is 9.10. The molecule has 4 rings (SSSR count). The van der Waals surface area contributed by atoms with Crippen molar-refractivity contribution in [2.45, 2.75) is 13.2 Å². The zero-order chi connectivity index (χ0) is 25.1. The molecular weight excluding hydrogens is 580 g/mol. The van der Waals surface area contributed by atoms with E-state index >= 15 is 0 Å². The number of carbonyl (C=O) groups is 2. The number of imide groups is 1. The van der Waals surface area contributed by atoms with E-state index in [0.29, 0.717) is 27.6 Å². The first-order valence-electron chi connectivity index (χ1n) is 10.2. The van der Waals surface area contributed by atoms with Gasteiger partial charge in [0.15, 0.2) is 11.5 Å². The molecule has 3 aromatic carbocycles. The van der Waals surface area contributed by atoms with Crippen LogP contribution >= 0.6 is 50.9 Å². The van der Waals surface area contributed by atoms with Crippen LogP contribution in [-0.2, 0) is 17.9 Å². The lowest BCUT2D eigenvalue weighted by Crippen LogP contribution is -2.27. The van der Waals surface area contributed by atoms with Gasteiger partial charge >= 0.3 is 0 Å². The number of ether oxygens (including phenoxy) is 2. The van der Waals surface area contributed by atoms with E-state index in [1.54, 1.807) is 18.2 Å². The van der Waals surface area contributed by atoms with Crippen molar-refractivity contribution in [2.24, 2.45) is 0 Å². The second kappa shape index (κ2) is 11.0. The minimum atomic E-state index is -0.497. The predicted molar refractivity (Wildman–Crippen MR) is 139 cm³/mol. The average Bonchev–Trinajstić information content (AvgIpc) is 3.08. The van der Waals surface area contributed by atoms with Gasteiger partial charge in [0, 0.05) is 9.50 Å². The Labute approximate surface area is 223 Å². The summed E-state index contributed by atoms with van der Waals surface area (Å²) in [6, 6.07) is 14.8. The molecule has 0 radical (unpaired) electrons. The molecule has 0 bridgehead atoms. The van der Waals surface area contributed by atoms with E-state index in [4.69, 9.17) is 32.7 Å². The molecule has 3 aromatic rings. The van der Waals surface area contributed by atoms with Crippen LogP contribution in [0.1, 0.15) is 16.7 Å². The molecule has 0 aliphatic carbocycles. The summed E-state index contributed by atoms with van der Waals surface area (Å²) in [6.07, 6.45) is 1.56. The third-order valence-corrected chi connectivity index (χ3v) is 7.13. The van der Waals surface area contributed by atoms with Crippen molar-refractivity contribution in [1.82, 2.24) is 4.90 Å². The van der Waals surface area contributed by atoms with Gasteiger partial charge in [-0.25, -0.2) is 4.39 Å². The zero-order valence-electron chi connectivity index (χ0n) is 18.2. The number of nitrogens with zero attached hydrogens (tertiary/aromatic N) is 1. The number of benzene rings is 3. The van der Waals surface area contributed by atoms with Gasteiger partial charge in [0.25, 0.3) is 11.1 Å². The van der Waals surface area contributed by atoms with Gasteiger partial charge in [-0.3, -0.25) is 14.5 Å². The molecule has 0 spiro atoms. The molecule has 1 aliphatic heterocycles. The van der Waals surface area contributed by atoms with Crippen molar-refractivity contribution in [3.8, 4) is 11.5 Å². The molecule has 0 aromatic heterocycles. The fourth-order valence-corrected chi connectivity index (χ4v) is 4.91. The molecule has 0 atom stereocenters. The number of halogens is 4. The molecule has 2 amide bonds. The van der Waals surface area contributed by atoms with Crippen molar-refractivity contribution < 1.29 is 23.5 Å². The molecule has 1 heterocycles. The Balaban J connectivity index is 1.53. The first-order valence-corrected chi connectivity index (χ1v) is 12.6. The van der Waals surface area contributed by atoms with Crippen LogP contribution < -0.4 is 9.47 Å². The lowest BCUT2D eigenvalue weighted by Gasteiger charge is -2.14. The van der Waals surface area contributed by atoms with Crippen LogP contribution in [0.3, 0.4) is 0 Å². The summed E-state index contributed by atoms with van der Waals surface area (Å²) in [6.45, 7) is 0.224. The van der Waals surface area contributed by atoms with Gasteiger partial charge < -0.3 is 9.47 Å². The normalized spacial score (nSPS) is 14.7. The molecule has 0 N–H and O–H groups in total. The van der Waals surface area contributed by atoms with Gasteiger partial charge in [0.05, 0.1) is 23.6 Å². The Hall–Kier alpha value is -2.52. The van der Waals surface area contributed by atoms with E-state index in [0.717, 1.165) is 32.8 Å². The summed E-state index contributed by atoms with van der Waals surface area (Å²) >= 11 is 16.7. The van der Waals surface area contributed by atoms with Crippen molar-refractivity contribution in [2.75, 3.05) is 7.11 Å². The largest absolute Gasteiger partial charge is 0.493 e. The maximum atomic E-state index is 13.3. The Kier molecular flexibility index (Phi) is 8.06. The van der Waals surface area contributed by atoms with Crippen LogP contribution in [-0.4, -0.2) is 23.2 Å². The average molecular weight is 597 g/mol. The van der Waals surface area contributed by atoms with Crippen LogP contribution in [0.5, 0.6) is 11.5 Å². The van der Waals surface area contributed by atoms with E-state index in [-0.39, 0.29) is 23.1 Å². The highest BCUT2D eigenvalue weighted by atomic mass is 79.9. The second-order valence-corrected chi connectivity index (χ2v) is 10.2. The predicted octanol–water partition coefficient (Wildman–Crippen LogP) is 7.72. The quantitative estimate of drug-likeness (QED) is 0.261. The summed E-state index contributed by atoms with van der Waals surface area (Å²) in [5, 5.41) is -0.0116. The van der Waals surface area contributed by atoms with E-state index in [9.17, 15) is 14.0 Å². The molecule has 10 heteroatoms. The molecule has 180 valence electrons. The number of hydrogen-bond acceptors (Lipinski definition) is 5.